The predicted molar refractivity (Wildman–Crippen MR) is 78.2 cm³/mol. The molecule has 8 heteroatoms. The van der Waals surface area contributed by atoms with Crippen LogP contribution in [0.1, 0.15) is 24.4 Å². The number of alkyl halides is 3. The van der Waals surface area contributed by atoms with E-state index in [1.54, 1.807) is 6.07 Å². The highest BCUT2D eigenvalue weighted by molar-refractivity contribution is 5.89. The van der Waals surface area contributed by atoms with Gasteiger partial charge in [0.1, 0.15) is 12.3 Å². The number of ether oxygens (including phenoxy) is 1. The third-order valence-corrected chi connectivity index (χ3v) is 4.23. The minimum Gasteiger partial charge on any atom is -0.493 e. The maximum atomic E-state index is 12.4. The lowest BCUT2D eigenvalue weighted by Gasteiger charge is -2.27. The molecule has 1 N–H and O–H groups in total. The molecule has 1 fully saturated rings. The summed E-state index contributed by atoms with van der Waals surface area (Å²) in [7, 11) is 0. The van der Waals surface area contributed by atoms with Gasteiger partial charge in [-0.2, -0.15) is 13.2 Å². The van der Waals surface area contributed by atoms with Crippen molar-refractivity contribution in [2.24, 2.45) is 5.92 Å². The van der Waals surface area contributed by atoms with E-state index < -0.39 is 30.5 Å². The van der Waals surface area contributed by atoms with Crippen LogP contribution in [0.2, 0.25) is 0 Å². The molecule has 0 spiro atoms. The number of carbonyl (C=O) groups is 2. The van der Waals surface area contributed by atoms with Crippen molar-refractivity contribution in [3.8, 4) is 5.75 Å². The number of fused-ring (bicyclic) bond motifs is 1. The Bertz CT molecular complexity index is 648. The Balaban J connectivity index is 1.63. The molecule has 0 aliphatic carbocycles. The van der Waals surface area contributed by atoms with E-state index >= 15 is 0 Å². The highest BCUT2D eigenvalue weighted by Gasteiger charge is 2.41. The molecule has 5 nitrogen and oxygen atoms in total. The van der Waals surface area contributed by atoms with Crippen LogP contribution in [0.5, 0.6) is 5.75 Å². The number of hydrogen-bond acceptors (Lipinski definition) is 3. The van der Waals surface area contributed by atoms with Gasteiger partial charge >= 0.3 is 6.18 Å². The van der Waals surface area contributed by atoms with E-state index in [2.05, 4.69) is 5.32 Å². The van der Waals surface area contributed by atoms with E-state index in [1.807, 2.05) is 18.2 Å². The summed E-state index contributed by atoms with van der Waals surface area (Å²) in [5.74, 6) is -1.10. The van der Waals surface area contributed by atoms with E-state index in [-0.39, 0.29) is 19.0 Å². The maximum absolute atomic E-state index is 12.4. The molecule has 130 valence electrons. The van der Waals surface area contributed by atoms with Crippen LogP contribution < -0.4 is 10.1 Å². The van der Waals surface area contributed by atoms with E-state index in [0.29, 0.717) is 23.7 Å². The second-order valence-electron chi connectivity index (χ2n) is 6.03. The summed E-state index contributed by atoms with van der Waals surface area (Å²) in [5, 5.41) is 2.84. The van der Waals surface area contributed by atoms with Gasteiger partial charge in [-0.15, -0.1) is 0 Å². The monoisotopic (exact) mass is 342 g/mol. The van der Waals surface area contributed by atoms with Gasteiger partial charge in [-0.1, -0.05) is 18.2 Å². The zero-order chi connectivity index (χ0) is 17.3. The normalized spacial score (nSPS) is 23.6. The fourth-order valence-electron chi connectivity index (χ4n) is 3.10. The molecule has 0 unspecified atom stereocenters. The summed E-state index contributed by atoms with van der Waals surface area (Å²) in [6.07, 6.45) is -4.07. The number of rotatable bonds is 3. The standard InChI is InChI=1S/C16H17F3N2O3/c17-16(18,19)9-21-8-10(7-14(21)22)15(23)20-12-5-6-24-13-4-2-1-3-11(12)13/h1-4,10,12H,5-9H2,(H,20,23)/t10-,12-/m1/s1. The van der Waals surface area contributed by atoms with Crippen LogP contribution in [0.3, 0.4) is 0 Å². The number of para-hydroxylation sites is 1. The summed E-state index contributed by atoms with van der Waals surface area (Å²) in [5.41, 5.74) is 0.841. The number of amides is 2. The van der Waals surface area contributed by atoms with E-state index in [4.69, 9.17) is 4.74 Å². The zero-order valence-electron chi connectivity index (χ0n) is 12.8. The molecule has 2 aliphatic rings. The first-order valence-electron chi connectivity index (χ1n) is 7.70. The third-order valence-electron chi connectivity index (χ3n) is 4.23. The molecule has 1 aromatic rings. The summed E-state index contributed by atoms with van der Waals surface area (Å²) in [6.45, 7) is -1.06. The molecular formula is C16H17F3N2O3. The summed E-state index contributed by atoms with van der Waals surface area (Å²) >= 11 is 0. The second-order valence-corrected chi connectivity index (χ2v) is 6.03. The first-order chi connectivity index (χ1) is 11.3. The molecule has 0 radical (unpaired) electrons. The second kappa shape index (κ2) is 6.33. The Morgan fingerprint density at radius 3 is 2.83 bits per heavy atom. The SMILES string of the molecule is O=C(N[C@@H]1CCOc2ccccc21)[C@@H]1CC(=O)N(CC(F)(F)F)C1. The highest BCUT2D eigenvalue weighted by atomic mass is 19.4. The quantitative estimate of drug-likeness (QED) is 0.915. The van der Waals surface area contributed by atoms with Gasteiger partial charge in [0.05, 0.1) is 18.6 Å². The fourth-order valence-corrected chi connectivity index (χ4v) is 3.10. The first kappa shape index (κ1) is 16.6. The van der Waals surface area contributed by atoms with Crippen molar-refractivity contribution >= 4 is 11.8 Å². The van der Waals surface area contributed by atoms with Crippen molar-refractivity contribution in [3.63, 3.8) is 0 Å². The molecule has 24 heavy (non-hydrogen) atoms. The van der Waals surface area contributed by atoms with Gasteiger partial charge in [0.15, 0.2) is 0 Å². The lowest BCUT2D eigenvalue weighted by molar-refractivity contribution is -0.157. The molecular weight excluding hydrogens is 325 g/mol. The van der Waals surface area contributed by atoms with Crippen LogP contribution >= 0.6 is 0 Å². The number of nitrogens with zero attached hydrogens (tertiary/aromatic N) is 1. The Kier molecular flexibility index (Phi) is 4.38. The molecule has 2 amide bonds. The molecule has 3 rings (SSSR count). The van der Waals surface area contributed by atoms with Crippen molar-refractivity contribution in [3.05, 3.63) is 29.8 Å². The van der Waals surface area contributed by atoms with E-state index in [9.17, 15) is 22.8 Å². The number of likely N-dealkylation sites (tertiary alicyclic amines) is 1. The zero-order valence-corrected chi connectivity index (χ0v) is 12.8. The van der Waals surface area contributed by atoms with Crippen LogP contribution in [0, 0.1) is 5.92 Å². The van der Waals surface area contributed by atoms with E-state index in [0.717, 1.165) is 5.56 Å². The van der Waals surface area contributed by atoms with Crippen molar-refractivity contribution in [2.75, 3.05) is 19.7 Å². The van der Waals surface area contributed by atoms with Crippen molar-refractivity contribution in [1.29, 1.82) is 0 Å². The van der Waals surface area contributed by atoms with Gasteiger partial charge in [0, 0.05) is 24.9 Å². The Labute approximate surface area is 136 Å². The van der Waals surface area contributed by atoms with Crippen LogP contribution in [0.15, 0.2) is 24.3 Å². The Hall–Kier alpha value is -2.25. The van der Waals surface area contributed by atoms with Gasteiger partial charge < -0.3 is 15.0 Å². The van der Waals surface area contributed by atoms with Crippen molar-refractivity contribution in [1.82, 2.24) is 10.2 Å². The number of halogens is 3. The third kappa shape index (κ3) is 3.63. The van der Waals surface area contributed by atoms with Crippen molar-refractivity contribution in [2.45, 2.75) is 25.1 Å². The summed E-state index contributed by atoms with van der Waals surface area (Å²) < 4.78 is 42.8. The molecule has 0 bridgehead atoms. The fraction of sp³-hybridized carbons (Fsp3) is 0.500. The molecule has 0 aromatic heterocycles. The number of hydrogen-bond donors (Lipinski definition) is 1. The average molecular weight is 342 g/mol. The van der Waals surface area contributed by atoms with Gasteiger partial charge in [0.2, 0.25) is 11.8 Å². The van der Waals surface area contributed by atoms with Gasteiger partial charge in [-0.3, -0.25) is 9.59 Å². The molecule has 1 aromatic carbocycles. The Morgan fingerprint density at radius 2 is 2.08 bits per heavy atom. The molecule has 1 saturated heterocycles. The van der Waals surface area contributed by atoms with E-state index in [1.165, 1.54) is 0 Å². The number of nitrogens with one attached hydrogen (secondary N) is 1. The van der Waals surface area contributed by atoms with Crippen LogP contribution in [0.25, 0.3) is 0 Å². The molecule has 0 saturated carbocycles. The van der Waals surface area contributed by atoms with Crippen molar-refractivity contribution < 1.29 is 27.5 Å². The van der Waals surface area contributed by atoms with Crippen LogP contribution in [-0.4, -0.2) is 42.6 Å². The van der Waals surface area contributed by atoms with Crippen LogP contribution in [-0.2, 0) is 9.59 Å². The highest BCUT2D eigenvalue weighted by Crippen LogP contribution is 2.32. The Morgan fingerprint density at radius 1 is 1.33 bits per heavy atom. The first-order valence-corrected chi connectivity index (χ1v) is 7.70. The number of carbonyl (C=O) groups excluding carboxylic acids is 2. The smallest absolute Gasteiger partial charge is 0.406 e. The van der Waals surface area contributed by atoms with Gasteiger partial charge in [0.25, 0.3) is 0 Å². The van der Waals surface area contributed by atoms with Gasteiger partial charge in [-0.25, -0.2) is 0 Å². The molecule has 2 atom stereocenters. The largest absolute Gasteiger partial charge is 0.493 e. The lowest BCUT2D eigenvalue weighted by Crippen LogP contribution is -2.39. The topological polar surface area (TPSA) is 58.6 Å². The summed E-state index contributed by atoms with van der Waals surface area (Å²) in [6, 6.07) is 7.05. The van der Waals surface area contributed by atoms with Crippen LogP contribution in [0.4, 0.5) is 13.2 Å². The average Bonchev–Trinajstić information content (AvgIpc) is 2.87. The number of benzene rings is 1. The predicted octanol–water partition coefficient (Wildman–Crippen LogP) is 2.04. The minimum atomic E-state index is -4.46. The maximum Gasteiger partial charge on any atom is 0.406 e. The lowest BCUT2D eigenvalue weighted by atomic mass is 9.99. The molecule has 2 aliphatic heterocycles. The minimum absolute atomic E-state index is 0.188. The molecule has 2 heterocycles. The summed E-state index contributed by atoms with van der Waals surface area (Å²) in [4.78, 5) is 24.7. The van der Waals surface area contributed by atoms with Gasteiger partial charge in [-0.05, 0) is 6.07 Å².